The van der Waals surface area contributed by atoms with Gasteiger partial charge in [0, 0.05) is 63.5 Å². The van der Waals surface area contributed by atoms with E-state index in [0.717, 1.165) is 77.1 Å². The fourth-order valence-corrected chi connectivity index (χ4v) is 11.0. The Morgan fingerprint density at radius 2 is 1.18 bits per heavy atom. The second-order valence-corrected chi connectivity index (χ2v) is 23.5. The molecule has 0 amide bonds. The molecule has 6 nitrogen and oxygen atoms in total. The van der Waals surface area contributed by atoms with E-state index in [1.807, 2.05) is 113 Å². The van der Waals surface area contributed by atoms with Gasteiger partial charge in [-0.2, -0.15) is 18.2 Å². The number of rotatable bonds is 9. The van der Waals surface area contributed by atoms with Crippen molar-refractivity contribution in [1.29, 1.82) is 0 Å². The van der Waals surface area contributed by atoms with Crippen LogP contribution in [0.5, 0.6) is 11.5 Å². The number of hydrogen-bond donors (Lipinski definition) is 0. The summed E-state index contributed by atoms with van der Waals surface area (Å²) >= 11 is 0. The molecule has 13 aromatic rings. The van der Waals surface area contributed by atoms with Crippen molar-refractivity contribution in [1.82, 2.24) is 18.7 Å². The fraction of sp³-hybridized carbons (Fsp3) is 0.178. The van der Waals surface area contributed by atoms with Crippen molar-refractivity contribution in [3.8, 4) is 56.6 Å². The summed E-state index contributed by atoms with van der Waals surface area (Å²) in [6.07, 6.45) is 3.66. The van der Waals surface area contributed by atoms with Crippen LogP contribution in [0.15, 0.2) is 206 Å². The van der Waals surface area contributed by atoms with Crippen LogP contribution in [0.25, 0.3) is 99.8 Å². The largest absolute Gasteiger partial charge is 0.510 e. The quantitative estimate of drug-likeness (QED) is 0.107. The summed E-state index contributed by atoms with van der Waals surface area (Å²) in [6, 6.07) is 62.1. The summed E-state index contributed by atoms with van der Waals surface area (Å²) < 4.78 is 78.2. The Morgan fingerprint density at radius 1 is 0.550 bits per heavy atom. The summed E-state index contributed by atoms with van der Waals surface area (Å²) in [5.74, 6) is 1.36. The summed E-state index contributed by atoms with van der Waals surface area (Å²) in [5, 5.41) is 4.19. The Bertz CT molecular complexity index is 4810. The van der Waals surface area contributed by atoms with Gasteiger partial charge in [0.05, 0.1) is 34.6 Å². The molecule has 0 unspecified atom stereocenters. The molecule has 4 heterocycles. The van der Waals surface area contributed by atoms with Crippen LogP contribution >= 0.6 is 0 Å². The Kier molecular flexibility index (Phi) is 11.2. The van der Waals surface area contributed by atoms with E-state index in [1.54, 1.807) is 12.3 Å². The average Bonchev–Trinajstić information content (AvgIpc) is 1.81. The molecule has 0 radical (unpaired) electrons. The van der Waals surface area contributed by atoms with Crippen molar-refractivity contribution in [2.75, 3.05) is 0 Å². The maximum absolute atomic E-state index is 9.28. The number of aromatic nitrogens is 5. The molecule has 4 aromatic heterocycles. The van der Waals surface area contributed by atoms with Crippen LogP contribution in [-0.2, 0) is 38.3 Å². The van der Waals surface area contributed by atoms with Crippen molar-refractivity contribution >= 4 is 54.6 Å². The zero-order valence-electron chi connectivity index (χ0n) is 53.2. The third-order valence-corrected chi connectivity index (χ3v) is 14.7. The van der Waals surface area contributed by atoms with E-state index in [2.05, 4.69) is 149 Å². The molecule has 80 heavy (non-hydrogen) atoms. The first-order chi connectivity index (χ1) is 40.9. The van der Waals surface area contributed by atoms with Gasteiger partial charge in [-0.05, 0) is 115 Å². The summed E-state index contributed by atoms with van der Waals surface area (Å²) in [4.78, 5) is 4.90. The van der Waals surface area contributed by atoms with Gasteiger partial charge >= 0.3 is 0 Å². The molecule has 7 heteroatoms. The van der Waals surface area contributed by atoms with Gasteiger partial charge in [-0.3, -0.25) is 4.57 Å². The molecule has 13 rings (SSSR count). The first-order valence-corrected chi connectivity index (χ1v) is 26.9. The second kappa shape index (κ2) is 20.1. The molecule has 0 aliphatic heterocycles. The molecular weight excluding hydrogens is 1160 g/mol. The summed E-state index contributed by atoms with van der Waals surface area (Å²) in [5.41, 5.74) is 11.3. The molecule has 0 saturated heterocycles. The third-order valence-electron chi connectivity index (χ3n) is 14.7. The molecule has 0 bridgehead atoms. The smallest absolute Gasteiger partial charge is 0.268 e. The maximum Gasteiger partial charge on any atom is 0.268 e. The third kappa shape index (κ3) is 9.54. The maximum atomic E-state index is 9.28. The van der Waals surface area contributed by atoms with E-state index in [-0.39, 0.29) is 49.5 Å². The number of ether oxygens (including phenoxy) is 1. The topological polar surface area (TPSA) is 40.8 Å². The van der Waals surface area contributed by atoms with Crippen molar-refractivity contribution in [2.24, 2.45) is 5.41 Å². The predicted molar refractivity (Wildman–Crippen MR) is 326 cm³/mol. The van der Waals surface area contributed by atoms with E-state index >= 15 is 0 Å². The Morgan fingerprint density at radius 3 is 1.86 bits per heavy atom. The molecule has 0 N–H and O–H groups in total. The van der Waals surface area contributed by atoms with E-state index < -0.39 is 29.9 Å². The van der Waals surface area contributed by atoms with Gasteiger partial charge in [0.25, 0.3) is 6.33 Å². The standard InChI is InChI=1S/C73H63N5O.Pt/c1-71(2,3)46-48-37-38-74-69(39-48)78-65-36-33-54(77-63-29-15-13-25-59(63)60-26-14-16-30-64(60)77)44-62(65)61-35-34-56(45-68(61)78)79-55-24-19-23-53(43-55)75-47-76(67-32-18-17-31-66(67)75)70-57(49-21-11-10-12-22-49)27-20-28-58(70)50-40-51(72(4,5)6)42-52(41-50)73(7,8)9;/h10-42,44H,46H2,1-9H3;/q-2;/i10D,11D,12D,21D,22D,46D2;. The molecule has 0 aliphatic carbocycles. The Balaban J connectivity index is 0.00000739. The van der Waals surface area contributed by atoms with Gasteiger partial charge in [0.15, 0.2) is 0 Å². The van der Waals surface area contributed by atoms with Gasteiger partial charge in [-0.25, -0.2) is 4.98 Å². The van der Waals surface area contributed by atoms with Gasteiger partial charge in [0.2, 0.25) is 0 Å². The monoisotopic (exact) mass is 1230 g/mol. The van der Waals surface area contributed by atoms with Gasteiger partial charge in [0.1, 0.15) is 5.82 Å². The van der Waals surface area contributed by atoms with Gasteiger partial charge < -0.3 is 18.4 Å². The second-order valence-electron chi connectivity index (χ2n) is 23.5. The number of imidazole rings is 1. The Hall–Kier alpha value is -8.31. The number of nitrogens with zero attached hydrogens (tertiary/aromatic N) is 5. The molecule has 398 valence electrons. The first-order valence-electron chi connectivity index (χ1n) is 30.4. The molecule has 0 fully saturated rings. The van der Waals surface area contributed by atoms with Crippen LogP contribution in [0, 0.1) is 23.9 Å². The molecule has 0 aliphatic rings. The predicted octanol–water partition coefficient (Wildman–Crippen LogP) is 18.2. The van der Waals surface area contributed by atoms with E-state index in [0.29, 0.717) is 45.3 Å². The normalized spacial score (nSPS) is 13.7. The number of benzene rings is 9. The number of pyridine rings is 1. The molecular formula is C73H63N5OPt-2. The van der Waals surface area contributed by atoms with Crippen LogP contribution in [0.2, 0.25) is 0 Å². The van der Waals surface area contributed by atoms with Crippen molar-refractivity contribution in [2.45, 2.75) is 79.5 Å². The van der Waals surface area contributed by atoms with Crippen LogP contribution in [0.1, 0.15) is 88.6 Å². The van der Waals surface area contributed by atoms with Crippen molar-refractivity contribution in [3.63, 3.8) is 0 Å². The minimum Gasteiger partial charge on any atom is -0.510 e. The molecule has 0 saturated carbocycles. The number of para-hydroxylation sites is 5. The zero-order chi connectivity index (χ0) is 60.5. The molecule has 0 atom stereocenters. The minimum absolute atomic E-state index is 0. The summed E-state index contributed by atoms with van der Waals surface area (Å²) in [7, 11) is 0. The van der Waals surface area contributed by atoms with Crippen LogP contribution < -0.4 is 9.30 Å². The average molecular weight is 1230 g/mol. The van der Waals surface area contributed by atoms with Crippen LogP contribution in [-0.4, -0.2) is 18.7 Å². The van der Waals surface area contributed by atoms with Crippen LogP contribution in [0.3, 0.4) is 0 Å². The Labute approximate surface area is 493 Å². The van der Waals surface area contributed by atoms with Gasteiger partial charge in [-0.1, -0.05) is 195 Å². The zero-order valence-corrected chi connectivity index (χ0v) is 48.5. The first kappa shape index (κ1) is 44.5. The molecule has 0 spiro atoms. The summed E-state index contributed by atoms with van der Waals surface area (Å²) in [6.45, 7) is 18.9. The van der Waals surface area contributed by atoms with Crippen molar-refractivity contribution < 1.29 is 40.0 Å². The van der Waals surface area contributed by atoms with E-state index in [1.165, 1.54) is 0 Å². The van der Waals surface area contributed by atoms with E-state index in [9.17, 15) is 5.48 Å². The fourth-order valence-electron chi connectivity index (χ4n) is 11.0. The minimum atomic E-state index is -1.68. The number of hydrogen-bond acceptors (Lipinski definition) is 2. The number of fused-ring (bicyclic) bond motifs is 7. The SMILES string of the molecule is [2H]c1c([2H])c([2H])c(-c2cccc(-c3cc(C(C)(C)C)cc(C(C)(C)C)c3)c2-[n+]2[c-]n(-c3[c-]c(Oc4[c-]c5c(cc4)c4cc(-n6c7ccccc7c7ccccc76)ccc4n5-c4cc(C([2H])([2H])C(C)(C)C)ccn4)ccc3)c3ccccc32)c([2H])c1[2H].[Pt]. The van der Waals surface area contributed by atoms with Crippen molar-refractivity contribution in [3.05, 3.63) is 241 Å². The molecule has 9 aromatic carbocycles. The van der Waals surface area contributed by atoms with Crippen LogP contribution in [0.4, 0.5) is 0 Å². The van der Waals surface area contributed by atoms with E-state index in [4.69, 9.17) is 13.8 Å². The van der Waals surface area contributed by atoms with Gasteiger partial charge in [-0.15, -0.1) is 29.7 Å².